The summed E-state index contributed by atoms with van der Waals surface area (Å²) in [5.41, 5.74) is 2.91. The lowest BCUT2D eigenvalue weighted by Crippen LogP contribution is -2.02. The molecule has 3 heteroatoms. The Hall–Kier alpha value is -1.71. The summed E-state index contributed by atoms with van der Waals surface area (Å²) in [6, 6.07) is 13.9. The van der Waals surface area contributed by atoms with Crippen LogP contribution in [0.1, 0.15) is 22.8 Å². The van der Waals surface area contributed by atoms with E-state index in [0.29, 0.717) is 0 Å². The third-order valence-electron chi connectivity index (χ3n) is 3.46. The molecule has 0 aliphatic rings. The first-order valence-electron chi connectivity index (χ1n) is 6.43. The largest absolute Gasteiger partial charge is 0.384 e. The molecule has 0 aliphatic carbocycles. The van der Waals surface area contributed by atoms with Crippen molar-refractivity contribution in [3.63, 3.8) is 0 Å². The normalized spacial score (nSPS) is 12.6. The van der Waals surface area contributed by atoms with E-state index in [-0.39, 0.29) is 0 Å². The summed E-state index contributed by atoms with van der Waals surface area (Å²) in [6.07, 6.45) is 2.91. The molecule has 0 amide bonds. The van der Waals surface area contributed by atoms with Crippen molar-refractivity contribution in [2.45, 2.75) is 13.0 Å². The van der Waals surface area contributed by atoms with Gasteiger partial charge in [-0.2, -0.15) is 0 Å². The Morgan fingerprint density at radius 1 is 1.10 bits per heavy atom. The number of aromatic nitrogens is 1. The Bertz CT molecular complexity index is 765. The van der Waals surface area contributed by atoms with Crippen LogP contribution in [0.2, 0.25) is 0 Å². The molecule has 3 rings (SSSR count). The quantitative estimate of drug-likeness (QED) is 0.757. The Morgan fingerprint density at radius 3 is 2.80 bits per heavy atom. The van der Waals surface area contributed by atoms with E-state index in [9.17, 15) is 5.11 Å². The van der Waals surface area contributed by atoms with Gasteiger partial charge in [-0.25, -0.2) is 0 Å². The highest BCUT2D eigenvalue weighted by atomic mass is 79.9. The molecule has 1 unspecified atom stereocenters. The lowest BCUT2D eigenvalue weighted by atomic mass is 9.96. The molecule has 3 aromatic rings. The molecule has 0 saturated heterocycles. The fraction of sp³-hybridized carbons (Fsp3) is 0.118. The Kier molecular flexibility index (Phi) is 3.55. The van der Waals surface area contributed by atoms with Crippen LogP contribution in [0, 0.1) is 6.92 Å². The van der Waals surface area contributed by atoms with E-state index in [1.165, 1.54) is 0 Å². The fourth-order valence-electron chi connectivity index (χ4n) is 2.43. The van der Waals surface area contributed by atoms with Crippen LogP contribution in [0.25, 0.3) is 10.8 Å². The van der Waals surface area contributed by atoms with Crippen LogP contribution < -0.4 is 0 Å². The van der Waals surface area contributed by atoms with Gasteiger partial charge in [-0.1, -0.05) is 51.8 Å². The number of fused-ring (bicyclic) bond motifs is 1. The number of aryl methyl sites for hydroxylation is 1. The summed E-state index contributed by atoms with van der Waals surface area (Å²) in [7, 11) is 0. The first-order chi connectivity index (χ1) is 9.66. The summed E-state index contributed by atoms with van der Waals surface area (Å²) >= 11 is 3.52. The molecule has 0 fully saturated rings. The molecule has 0 saturated carbocycles. The zero-order valence-electron chi connectivity index (χ0n) is 11.0. The molecule has 1 atom stereocenters. The second-order valence-corrected chi connectivity index (χ2v) is 5.73. The van der Waals surface area contributed by atoms with Crippen LogP contribution in [0.15, 0.2) is 59.3 Å². The summed E-state index contributed by atoms with van der Waals surface area (Å²) in [4.78, 5) is 4.13. The van der Waals surface area contributed by atoms with Crippen molar-refractivity contribution in [3.05, 3.63) is 76.0 Å². The number of halogens is 1. The van der Waals surface area contributed by atoms with E-state index in [1.807, 2.05) is 55.6 Å². The SMILES string of the molecule is Cc1ccc(Br)c(C(O)c2cccc3cnccc23)c1. The Labute approximate surface area is 126 Å². The zero-order valence-corrected chi connectivity index (χ0v) is 12.6. The molecule has 20 heavy (non-hydrogen) atoms. The van der Waals surface area contributed by atoms with E-state index in [4.69, 9.17) is 0 Å². The van der Waals surface area contributed by atoms with Crippen molar-refractivity contribution < 1.29 is 5.11 Å². The van der Waals surface area contributed by atoms with Gasteiger partial charge in [0, 0.05) is 22.3 Å². The Morgan fingerprint density at radius 2 is 1.95 bits per heavy atom. The van der Waals surface area contributed by atoms with Crippen LogP contribution in [0.4, 0.5) is 0 Å². The molecular formula is C17H14BrNO. The molecule has 100 valence electrons. The maximum Gasteiger partial charge on any atom is 0.106 e. The van der Waals surface area contributed by atoms with Crippen molar-refractivity contribution in [1.29, 1.82) is 0 Å². The predicted octanol–water partition coefficient (Wildman–Crippen LogP) is 4.39. The molecule has 0 spiro atoms. The molecule has 1 heterocycles. The lowest BCUT2D eigenvalue weighted by Gasteiger charge is -2.16. The highest BCUT2D eigenvalue weighted by molar-refractivity contribution is 9.10. The second kappa shape index (κ2) is 5.35. The third-order valence-corrected chi connectivity index (χ3v) is 4.18. The van der Waals surface area contributed by atoms with Gasteiger partial charge in [0.1, 0.15) is 6.10 Å². The van der Waals surface area contributed by atoms with E-state index >= 15 is 0 Å². The molecule has 1 N–H and O–H groups in total. The van der Waals surface area contributed by atoms with Gasteiger partial charge in [0.2, 0.25) is 0 Å². The molecule has 1 aromatic heterocycles. The Balaban J connectivity index is 2.17. The minimum Gasteiger partial charge on any atom is -0.384 e. The number of aliphatic hydroxyl groups excluding tert-OH is 1. The van der Waals surface area contributed by atoms with Gasteiger partial charge >= 0.3 is 0 Å². The number of benzene rings is 2. The van der Waals surface area contributed by atoms with Crippen LogP contribution in [0.5, 0.6) is 0 Å². The third kappa shape index (κ3) is 2.35. The second-order valence-electron chi connectivity index (χ2n) is 4.87. The number of aliphatic hydroxyl groups is 1. The van der Waals surface area contributed by atoms with Gasteiger partial charge in [-0.15, -0.1) is 0 Å². The van der Waals surface area contributed by atoms with Crippen molar-refractivity contribution >= 4 is 26.7 Å². The van der Waals surface area contributed by atoms with Gasteiger partial charge in [-0.05, 0) is 35.6 Å². The maximum atomic E-state index is 10.7. The summed E-state index contributed by atoms with van der Waals surface area (Å²) in [6.45, 7) is 2.02. The predicted molar refractivity (Wildman–Crippen MR) is 84.7 cm³/mol. The van der Waals surface area contributed by atoms with E-state index in [2.05, 4.69) is 20.9 Å². The van der Waals surface area contributed by atoms with E-state index in [0.717, 1.165) is 31.9 Å². The first-order valence-corrected chi connectivity index (χ1v) is 7.23. The van der Waals surface area contributed by atoms with Crippen molar-refractivity contribution in [1.82, 2.24) is 4.98 Å². The summed E-state index contributed by atoms with van der Waals surface area (Å²) in [5, 5.41) is 12.8. The zero-order chi connectivity index (χ0) is 14.1. The molecule has 0 aliphatic heterocycles. The number of nitrogens with zero attached hydrogens (tertiary/aromatic N) is 1. The fourth-order valence-corrected chi connectivity index (χ4v) is 2.89. The van der Waals surface area contributed by atoms with Crippen LogP contribution in [0.3, 0.4) is 0 Å². The topological polar surface area (TPSA) is 33.1 Å². The van der Waals surface area contributed by atoms with Crippen molar-refractivity contribution in [2.75, 3.05) is 0 Å². The minimum atomic E-state index is -0.657. The highest BCUT2D eigenvalue weighted by Crippen LogP contribution is 2.32. The number of pyridine rings is 1. The molecule has 0 radical (unpaired) electrons. The standard InChI is InChI=1S/C17H14BrNO/c1-11-5-6-16(18)15(9-11)17(20)14-4-2-3-12-10-19-8-7-13(12)14/h2-10,17,20H,1H3. The highest BCUT2D eigenvalue weighted by Gasteiger charge is 2.16. The minimum absolute atomic E-state index is 0.657. The van der Waals surface area contributed by atoms with Crippen molar-refractivity contribution in [3.8, 4) is 0 Å². The van der Waals surface area contributed by atoms with E-state index < -0.39 is 6.10 Å². The van der Waals surface area contributed by atoms with Gasteiger partial charge in [0.25, 0.3) is 0 Å². The van der Waals surface area contributed by atoms with Gasteiger partial charge in [0.05, 0.1) is 0 Å². The summed E-state index contributed by atoms with van der Waals surface area (Å²) in [5.74, 6) is 0. The van der Waals surface area contributed by atoms with Gasteiger partial charge in [-0.3, -0.25) is 4.98 Å². The molecule has 0 bridgehead atoms. The monoisotopic (exact) mass is 327 g/mol. The number of hydrogen-bond acceptors (Lipinski definition) is 2. The number of hydrogen-bond donors (Lipinski definition) is 1. The molecule has 2 nitrogen and oxygen atoms in total. The van der Waals surface area contributed by atoms with Crippen LogP contribution in [-0.2, 0) is 0 Å². The number of rotatable bonds is 2. The smallest absolute Gasteiger partial charge is 0.106 e. The van der Waals surface area contributed by atoms with Crippen molar-refractivity contribution in [2.24, 2.45) is 0 Å². The van der Waals surface area contributed by atoms with Gasteiger partial charge < -0.3 is 5.11 Å². The molecule has 2 aromatic carbocycles. The van der Waals surface area contributed by atoms with Gasteiger partial charge in [0.15, 0.2) is 0 Å². The first kappa shape index (κ1) is 13.3. The van der Waals surface area contributed by atoms with E-state index in [1.54, 1.807) is 6.20 Å². The van der Waals surface area contributed by atoms with Crippen LogP contribution in [-0.4, -0.2) is 10.1 Å². The maximum absolute atomic E-state index is 10.7. The summed E-state index contributed by atoms with van der Waals surface area (Å²) < 4.78 is 0.918. The average Bonchev–Trinajstić information content (AvgIpc) is 2.48. The molecular weight excluding hydrogens is 314 g/mol. The lowest BCUT2D eigenvalue weighted by molar-refractivity contribution is 0.221. The average molecular weight is 328 g/mol. The van der Waals surface area contributed by atoms with Crippen LogP contribution >= 0.6 is 15.9 Å².